The molecule has 1 N–H and O–H groups in total. The summed E-state index contributed by atoms with van der Waals surface area (Å²) < 4.78 is 6.54. The first-order valence-corrected chi connectivity index (χ1v) is 5.80. The van der Waals surface area contributed by atoms with Crippen LogP contribution in [0.4, 0.5) is 0 Å². The lowest BCUT2D eigenvalue weighted by Gasteiger charge is -2.16. The summed E-state index contributed by atoms with van der Waals surface area (Å²) in [6.45, 7) is 1.83. The summed E-state index contributed by atoms with van der Waals surface area (Å²) in [4.78, 5) is 12.5. The Morgan fingerprint density at radius 3 is 3.12 bits per heavy atom. The number of aliphatic carboxylic acids is 1. The maximum atomic E-state index is 10.7. The topological polar surface area (TPSA) is 49.8 Å². The average Bonchev–Trinajstić information content (AvgIpc) is 2.37. The summed E-state index contributed by atoms with van der Waals surface area (Å²) in [7, 11) is 0. The van der Waals surface area contributed by atoms with Crippen LogP contribution in [0, 0.1) is 0 Å². The SMILES string of the molecule is O=C(O)CN1CCOc2ccc(Br)cc2C1. The monoisotopic (exact) mass is 285 g/mol. The molecule has 1 aromatic carbocycles. The summed E-state index contributed by atoms with van der Waals surface area (Å²) in [6, 6.07) is 5.80. The van der Waals surface area contributed by atoms with Gasteiger partial charge in [0.15, 0.2) is 0 Å². The Kier molecular flexibility index (Phi) is 3.46. The van der Waals surface area contributed by atoms with E-state index < -0.39 is 5.97 Å². The molecule has 1 aliphatic rings. The molecule has 0 saturated carbocycles. The quantitative estimate of drug-likeness (QED) is 0.899. The molecule has 0 aliphatic carbocycles. The molecule has 1 heterocycles. The van der Waals surface area contributed by atoms with Crippen molar-refractivity contribution in [2.45, 2.75) is 6.54 Å². The van der Waals surface area contributed by atoms with Crippen LogP contribution in [0.15, 0.2) is 22.7 Å². The van der Waals surface area contributed by atoms with E-state index in [0.717, 1.165) is 15.8 Å². The Labute approximate surface area is 102 Å². The Morgan fingerprint density at radius 2 is 2.38 bits per heavy atom. The summed E-state index contributed by atoms with van der Waals surface area (Å²) in [5, 5.41) is 8.77. The Bertz CT molecular complexity index is 408. The van der Waals surface area contributed by atoms with Crippen LogP contribution in [-0.4, -0.2) is 35.7 Å². The average molecular weight is 286 g/mol. The highest BCUT2D eigenvalue weighted by atomic mass is 79.9. The molecule has 16 heavy (non-hydrogen) atoms. The molecule has 4 nitrogen and oxygen atoms in total. The number of hydrogen-bond acceptors (Lipinski definition) is 3. The Morgan fingerprint density at radius 1 is 1.56 bits per heavy atom. The number of rotatable bonds is 2. The summed E-state index contributed by atoms with van der Waals surface area (Å²) in [5.74, 6) is 0.0366. The lowest BCUT2D eigenvalue weighted by atomic mass is 10.2. The van der Waals surface area contributed by atoms with Crippen molar-refractivity contribution in [3.63, 3.8) is 0 Å². The van der Waals surface area contributed by atoms with Gasteiger partial charge in [0.1, 0.15) is 12.4 Å². The zero-order valence-electron chi connectivity index (χ0n) is 8.65. The van der Waals surface area contributed by atoms with Crippen LogP contribution < -0.4 is 4.74 Å². The molecular formula is C11H12BrNO3. The molecule has 0 atom stereocenters. The summed E-state index contributed by atoms with van der Waals surface area (Å²) in [6.07, 6.45) is 0. The van der Waals surface area contributed by atoms with E-state index >= 15 is 0 Å². The Balaban J connectivity index is 2.19. The minimum atomic E-state index is -0.807. The summed E-state index contributed by atoms with van der Waals surface area (Å²) >= 11 is 3.40. The number of fused-ring (bicyclic) bond motifs is 1. The molecule has 0 spiro atoms. The van der Waals surface area contributed by atoms with Gasteiger partial charge in [-0.05, 0) is 18.2 Å². The van der Waals surface area contributed by atoms with Crippen LogP contribution in [0.1, 0.15) is 5.56 Å². The number of halogens is 1. The van der Waals surface area contributed by atoms with Gasteiger partial charge in [-0.15, -0.1) is 0 Å². The van der Waals surface area contributed by atoms with Gasteiger partial charge in [-0.2, -0.15) is 0 Å². The van der Waals surface area contributed by atoms with E-state index in [1.807, 2.05) is 23.1 Å². The van der Waals surface area contributed by atoms with Gasteiger partial charge < -0.3 is 9.84 Å². The standard InChI is InChI=1S/C11H12BrNO3/c12-9-1-2-10-8(5-9)6-13(3-4-16-10)7-11(14)15/h1-2,5H,3-4,6-7H2,(H,14,15). The van der Waals surface area contributed by atoms with Crippen LogP contribution in [-0.2, 0) is 11.3 Å². The molecule has 0 saturated heterocycles. The fourth-order valence-corrected chi connectivity index (χ4v) is 2.15. The van der Waals surface area contributed by atoms with Crippen molar-refractivity contribution < 1.29 is 14.6 Å². The van der Waals surface area contributed by atoms with Crippen LogP contribution >= 0.6 is 15.9 Å². The largest absolute Gasteiger partial charge is 0.492 e. The number of hydrogen-bond donors (Lipinski definition) is 1. The van der Waals surface area contributed by atoms with Crippen LogP contribution in [0.25, 0.3) is 0 Å². The van der Waals surface area contributed by atoms with Crippen LogP contribution in [0.2, 0.25) is 0 Å². The van der Waals surface area contributed by atoms with Gasteiger partial charge in [0.2, 0.25) is 0 Å². The van der Waals surface area contributed by atoms with E-state index in [9.17, 15) is 4.79 Å². The predicted octanol–water partition coefficient (Wildman–Crippen LogP) is 1.73. The van der Waals surface area contributed by atoms with Gasteiger partial charge in [0.05, 0.1) is 6.54 Å². The van der Waals surface area contributed by atoms with Gasteiger partial charge in [-0.25, -0.2) is 0 Å². The molecule has 1 aliphatic heterocycles. The lowest BCUT2D eigenvalue weighted by molar-refractivity contribution is -0.138. The second-order valence-electron chi connectivity index (χ2n) is 3.70. The van der Waals surface area contributed by atoms with Crippen LogP contribution in [0.3, 0.4) is 0 Å². The number of carboxylic acid groups (broad SMARTS) is 1. The van der Waals surface area contributed by atoms with E-state index in [0.29, 0.717) is 19.7 Å². The van der Waals surface area contributed by atoms with E-state index in [1.165, 1.54) is 0 Å². The molecule has 0 fully saturated rings. The third-order valence-electron chi connectivity index (χ3n) is 2.44. The fraction of sp³-hybridized carbons (Fsp3) is 0.364. The number of carboxylic acids is 1. The number of carbonyl (C=O) groups is 1. The second kappa shape index (κ2) is 4.84. The number of ether oxygens (including phenoxy) is 1. The second-order valence-corrected chi connectivity index (χ2v) is 4.62. The van der Waals surface area contributed by atoms with Crippen molar-refractivity contribution in [2.75, 3.05) is 19.7 Å². The van der Waals surface area contributed by atoms with Crippen molar-refractivity contribution >= 4 is 21.9 Å². The first kappa shape index (κ1) is 11.4. The van der Waals surface area contributed by atoms with Crippen molar-refractivity contribution in [3.8, 4) is 5.75 Å². The highest BCUT2D eigenvalue weighted by molar-refractivity contribution is 9.10. The molecular weight excluding hydrogens is 274 g/mol. The number of nitrogens with zero attached hydrogens (tertiary/aromatic N) is 1. The first-order valence-electron chi connectivity index (χ1n) is 5.00. The van der Waals surface area contributed by atoms with E-state index in [-0.39, 0.29) is 6.54 Å². The lowest BCUT2D eigenvalue weighted by Crippen LogP contribution is -2.31. The first-order chi connectivity index (χ1) is 7.65. The van der Waals surface area contributed by atoms with E-state index in [1.54, 1.807) is 0 Å². The molecule has 5 heteroatoms. The zero-order valence-corrected chi connectivity index (χ0v) is 10.2. The maximum absolute atomic E-state index is 10.7. The molecule has 0 unspecified atom stereocenters. The molecule has 0 bridgehead atoms. The molecule has 0 amide bonds. The van der Waals surface area contributed by atoms with Crippen molar-refractivity contribution in [1.29, 1.82) is 0 Å². The van der Waals surface area contributed by atoms with E-state index in [4.69, 9.17) is 9.84 Å². The molecule has 0 radical (unpaired) electrons. The third kappa shape index (κ3) is 2.74. The van der Waals surface area contributed by atoms with Gasteiger partial charge in [0, 0.05) is 23.1 Å². The van der Waals surface area contributed by atoms with Gasteiger partial charge in [0.25, 0.3) is 0 Å². The normalized spacial score (nSPS) is 16.1. The minimum Gasteiger partial charge on any atom is -0.492 e. The third-order valence-corrected chi connectivity index (χ3v) is 2.93. The zero-order chi connectivity index (χ0) is 11.5. The van der Waals surface area contributed by atoms with E-state index in [2.05, 4.69) is 15.9 Å². The molecule has 1 aromatic rings. The smallest absolute Gasteiger partial charge is 0.317 e. The molecule has 86 valence electrons. The van der Waals surface area contributed by atoms with Crippen molar-refractivity contribution in [3.05, 3.63) is 28.2 Å². The fourth-order valence-electron chi connectivity index (χ4n) is 1.74. The van der Waals surface area contributed by atoms with Gasteiger partial charge in [-0.1, -0.05) is 15.9 Å². The highest BCUT2D eigenvalue weighted by Crippen LogP contribution is 2.26. The Hall–Kier alpha value is -1.07. The van der Waals surface area contributed by atoms with Crippen molar-refractivity contribution in [2.24, 2.45) is 0 Å². The predicted molar refractivity (Wildman–Crippen MR) is 62.5 cm³/mol. The van der Waals surface area contributed by atoms with Crippen molar-refractivity contribution in [1.82, 2.24) is 4.90 Å². The van der Waals surface area contributed by atoms with Gasteiger partial charge >= 0.3 is 5.97 Å². The number of benzene rings is 1. The minimum absolute atomic E-state index is 0.0509. The maximum Gasteiger partial charge on any atom is 0.317 e. The molecule has 0 aromatic heterocycles. The van der Waals surface area contributed by atoms with Crippen LogP contribution in [0.5, 0.6) is 5.75 Å². The summed E-state index contributed by atoms with van der Waals surface area (Å²) in [5.41, 5.74) is 1.02. The van der Waals surface area contributed by atoms with Gasteiger partial charge in [-0.3, -0.25) is 9.69 Å². The highest BCUT2D eigenvalue weighted by Gasteiger charge is 2.17. The molecule has 2 rings (SSSR count).